The van der Waals surface area contributed by atoms with Crippen LogP contribution in [0.1, 0.15) is 26.2 Å². The SMILES string of the molecule is C#CCCCC(=O)N(C)CCN1CCN(C)CC1C. The van der Waals surface area contributed by atoms with E-state index in [1.54, 1.807) is 0 Å². The van der Waals surface area contributed by atoms with Gasteiger partial charge in [-0.2, -0.15) is 0 Å². The second-order valence-corrected chi connectivity index (χ2v) is 5.52. The molecule has 108 valence electrons. The van der Waals surface area contributed by atoms with Crippen LogP contribution < -0.4 is 0 Å². The van der Waals surface area contributed by atoms with Crippen molar-refractivity contribution >= 4 is 5.91 Å². The van der Waals surface area contributed by atoms with Crippen LogP contribution in [0.5, 0.6) is 0 Å². The van der Waals surface area contributed by atoms with Crippen LogP contribution in [0.4, 0.5) is 0 Å². The number of hydrogen-bond donors (Lipinski definition) is 0. The molecule has 0 spiro atoms. The molecule has 0 aromatic rings. The Morgan fingerprint density at radius 2 is 2.21 bits per heavy atom. The molecule has 0 aromatic carbocycles. The Bertz CT molecular complexity index is 324. The number of amides is 1. The van der Waals surface area contributed by atoms with Crippen LogP contribution in [-0.2, 0) is 4.79 Å². The first-order valence-corrected chi connectivity index (χ1v) is 7.14. The lowest BCUT2D eigenvalue weighted by Crippen LogP contribution is -2.52. The van der Waals surface area contributed by atoms with Crippen molar-refractivity contribution in [1.82, 2.24) is 14.7 Å². The molecule has 1 aliphatic rings. The fourth-order valence-electron chi connectivity index (χ4n) is 2.45. The van der Waals surface area contributed by atoms with Crippen LogP contribution in [0, 0.1) is 12.3 Å². The van der Waals surface area contributed by atoms with E-state index in [4.69, 9.17) is 6.42 Å². The number of carbonyl (C=O) groups excluding carboxylic acids is 1. The molecular formula is C15H27N3O. The molecular weight excluding hydrogens is 238 g/mol. The summed E-state index contributed by atoms with van der Waals surface area (Å²) in [6.07, 6.45) is 7.24. The molecule has 1 amide bonds. The molecule has 1 rings (SSSR count). The summed E-state index contributed by atoms with van der Waals surface area (Å²) >= 11 is 0. The molecule has 4 nitrogen and oxygen atoms in total. The highest BCUT2D eigenvalue weighted by atomic mass is 16.2. The topological polar surface area (TPSA) is 26.8 Å². The van der Waals surface area contributed by atoms with Gasteiger partial charge in [-0.25, -0.2) is 0 Å². The molecule has 1 saturated heterocycles. The summed E-state index contributed by atoms with van der Waals surface area (Å²) < 4.78 is 0. The van der Waals surface area contributed by atoms with Crippen molar-refractivity contribution in [3.63, 3.8) is 0 Å². The van der Waals surface area contributed by atoms with Crippen LogP contribution in [0.2, 0.25) is 0 Å². The highest BCUT2D eigenvalue weighted by molar-refractivity contribution is 5.75. The Kier molecular flexibility index (Phi) is 6.90. The van der Waals surface area contributed by atoms with Crippen molar-refractivity contribution in [2.45, 2.75) is 32.2 Å². The summed E-state index contributed by atoms with van der Waals surface area (Å²) in [6, 6.07) is 0.573. The zero-order chi connectivity index (χ0) is 14.3. The van der Waals surface area contributed by atoms with E-state index in [0.29, 0.717) is 18.9 Å². The van der Waals surface area contributed by atoms with Gasteiger partial charge in [0.05, 0.1) is 0 Å². The molecule has 1 aliphatic heterocycles. The van der Waals surface area contributed by atoms with Gasteiger partial charge >= 0.3 is 0 Å². The van der Waals surface area contributed by atoms with Gasteiger partial charge in [0.1, 0.15) is 0 Å². The zero-order valence-electron chi connectivity index (χ0n) is 12.6. The van der Waals surface area contributed by atoms with E-state index in [1.807, 2.05) is 11.9 Å². The molecule has 1 fully saturated rings. The minimum atomic E-state index is 0.206. The highest BCUT2D eigenvalue weighted by Gasteiger charge is 2.21. The maximum atomic E-state index is 11.9. The van der Waals surface area contributed by atoms with Gasteiger partial charge in [-0.15, -0.1) is 12.3 Å². The molecule has 0 radical (unpaired) electrons. The van der Waals surface area contributed by atoms with Gasteiger partial charge in [-0.3, -0.25) is 9.69 Å². The molecule has 1 heterocycles. The Morgan fingerprint density at radius 1 is 1.47 bits per heavy atom. The number of likely N-dealkylation sites (N-methyl/N-ethyl adjacent to an activating group) is 2. The lowest BCUT2D eigenvalue weighted by molar-refractivity contribution is -0.130. The second-order valence-electron chi connectivity index (χ2n) is 5.52. The van der Waals surface area contributed by atoms with Crippen molar-refractivity contribution < 1.29 is 4.79 Å². The van der Waals surface area contributed by atoms with Gasteiger partial charge in [0.15, 0.2) is 0 Å². The average Bonchev–Trinajstić information content (AvgIpc) is 2.37. The van der Waals surface area contributed by atoms with Crippen LogP contribution in [-0.4, -0.2) is 73.5 Å². The second kappa shape index (κ2) is 8.19. The molecule has 0 aromatic heterocycles. The third-order valence-corrected chi connectivity index (χ3v) is 3.83. The van der Waals surface area contributed by atoms with Crippen LogP contribution >= 0.6 is 0 Å². The van der Waals surface area contributed by atoms with Crippen molar-refractivity contribution in [3.05, 3.63) is 0 Å². The third-order valence-electron chi connectivity index (χ3n) is 3.83. The number of nitrogens with zero attached hydrogens (tertiary/aromatic N) is 3. The lowest BCUT2D eigenvalue weighted by atomic mass is 10.2. The highest BCUT2D eigenvalue weighted by Crippen LogP contribution is 2.07. The van der Waals surface area contributed by atoms with E-state index in [0.717, 1.165) is 39.1 Å². The summed E-state index contributed by atoms with van der Waals surface area (Å²) in [7, 11) is 4.05. The average molecular weight is 265 g/mol. The zero-order valence-corrected chi connectivity index (χ0v) is 12.6. The quantitative estimate of drug-likeness (QED) is 0.527. The van der Waals surface area contributed by atoms with E-state index in [1.165, 1.54) is 0 Å². The third kappa shape index (κ3) is 5.63. The predicted octanol–water partition coefficient (Wildman–Crippen LogP) is 0.884. The van der Waals surface area contributed by atoms with Crippen LogP contribution in [0.25, 0.3) is 0 Å². The van der Waals surface area contributed by atoms with E-state index >= 15 is 0 Å². The monoisotopic (exact) mass is 265 g/mol. The van der Waals surface area contributed by atoms with Gasteiger partial charge in [-0.1, -0.05) is 0 Å². The first-order valence-electron chi connectivity index (χ1n) is 7.14. The molecule has 0 bridgehead atoms. The van der Waals surface area contributed by atoms with Gasteiger partial charge < -0.3 is 9.80 Å². The fourth-order valence-corrected chi connectivity index (χ4v) is 2.45. The Morgan fingerprint density at radius 3 is 2.84 bits per heavy atom. The largest absolute Gasteiger partial charge is 0.344 e. The summed E-state index contributed by atoms with van der Waals surface area (Å²) in [5, 5.41) is 0. The maximum Gasteiger partial charge on any atom is 0.222 e. The Labute approximate surface area is 117 Å². The van der Waals surface area contributed by atoms with Gasteiger partial charge in [-0.05, 0) is 20.4 Å². The normalized spacial score (nSPS) is 21.1. The molecule has 1 unspecified atom stereocenters. The number of rotatable bonds is 6. The Balaban J connectivity index is 2.24. The minimum absolute atomic E-state index is 0.206. The van der Waals surface area contributed by atoms with E-state index in [2.05, 4.69) is 29.7 Å². The molecule has 19 heavy (non-hydrogen) atoms. The molecule has 0 aliphatic carbocycles. The number of unbranched alkanes of at least 4 members (excludes halogenated alkanes) is 1. The van der Waals surface area contributed by atoms with Gasteiger partial charge in [0.2, 0.25) is 5.91 Å². The first kappa shape index (κ1) is 16.0. The van der Waals surface area contributed by atoms with E-state index in [9.17, 15) is 4.79 Å². The van der Waals surface area contributed by atoms with Crippen molar-refractivity contribution in [3.8, 4) is 12.3 Å². The summed E-state index contributed by atoms with van der Waals surface area (Å²) in [6.45, 7) is 7.35. The molecule has 0 saturated carbocycles. The van der Waals surface area contributed by atoms with Crippen molar-refractivity contribution in [2.24, 2.45) is 0 Å². The standard InChI is InChI=1S/C15H27N3O/c1-5-6-7-8-15(19)17(4)10-12-18-11-9-16(3)13-14(18)2/h1,14H,6-13H2,2-4H3. The molecule has 0 N–H and O–H groups in total. The number of hydrogen-bond acceptors (Lipinski definition) is 3. The number of piperazine rings is 1. The minimum Gasteiger partial charge on any atom is -0.344 e. The van der Waals surface area contributed by atoms with E-state index < -0.39 is 0 Å². The lowest BCUT2D eigenvalue weighted by Gasteiger charge is -2.38. The van der Waals surface area contributed by atoms with Crippen LogP contribution in [0.15, 0.2) is 0 Å². The Hall–Kier alpha value is -1.05. The molecule has 1 atom stereocenters. The summed E-state index contributed by atoms with van der Waals surface area (Å²) in [4.78, 5) is 18.5. The van der Waals surface area contributed by atoms with Crippen molar-refractivity contribution in [2.75, 3.05) is 46.8 Å². The van der Waals surface area contributed by atoms with Gasteiger partial charge in [0.25, 0.3) is 0 Å². The smallest absolute Gasteiger partial charge is 0.222 e. The van der Waals surface area contributed by atoms with Crippen molar-refractivity contribution in [1.29, 1.82) is 0 Å². The molecule has 4 heteroatoms. The number of terminal acetylenes is 1. The predicted molar refractivity (Wildman–Crippen MR) is 78.9 cm³/mol. The fraction of sp³-hybridized carbons (Fsp3) is 0.800. The summed E-state index contributed by atoms with van der Waals surface area (Å²) in [5.41, 5.74) is 0. The number of carbonyl (C=O) groups is 1. The van der Waals surface area contributed by atoms with E-state index in [-0.39, 0.29) is 5.91 Å². The van der Waals surface area contributed by atoms with Crippen LogP contribution in [0.3, 0.4) is 0 Å². The summed E-state index contributed by atoms with van der Waals surface area (Å²) in [5.74, 6) is 2.78. The maximum absolute atomic E-state index is 11.9. The first-order chi connectivity index (χ1) is 9.04. The van der Waals surface area contributed by atoms with Gasteiger partial charge in [0, 0.05) is 58.7 Å².